The van der Waals surface area contributed by atoms with E-state index in [2.05, 4.69) is 5.10 Å². The van der Waals surface area contributed by atoms with Crippen LogP contribution in [0.5, 0.6) is 0 Å². The zero-order chi connectivity index (χ0) is 12.1. The molecule has 0 aliphatic heterocycles. The van der Waals surface area contributed by atoms with E-state index in [9.17, 15) is 5.11 Å². The molecule has 1 atom stereocenters. The molecule has 0 bridgehead atoms. The molecule has 2 heterocycles. The number of aliphatic hydroxyl groups is 1. The SMILES string of the molecule is CCOC[C@@H](O)Cn1cc(-n2cccc2)cn1. The summed E-state index contributed by atoms with van der Waals surface area (Å²) in [6.07, 6.45) is 7.06. The zero-order valence-corrected chi connectivity index (χ0v) is 9.86. The molecule has 0 saturated carbocycles. The fourth-order valence-corrected chi connectivity index (χ4v) is 1.62. The van der Waals surface area contributed by atoms with E-state index < -0.39 is 6.10 Å². The van der Waals surface area contributed by atoms with Crippen LogP contribution in [0.1, 0.15) is 6.92 Å². The lowest BCUT2D eigenvalue weighted by Crippen LogP contribution is -2.22. The van der Waals surface area contributed by atoms with Crippen LogP contribution in [-0.4, -0.2) is 38.8 Å². The molecule has 1 N–H and O–H groups in total. The molecular formula is C12H17N3O2. The Morgan fingerprint density at radius 2 is 2.18 bits per heavy atom. The topological polar surface area (TPSA) is 52.2 Å². The van der Waals surface area contributed by atoms with Gasteiger partial charge in [0.2, 0.25) is 0 Å². The summed E-state index contributed by atoms with van der Waals surface area (Å²) in [5.41, 5.74) is 0.985. The van der Waals surface area contributed by atoms with Gasteiger partial charge in [-0.1, -0.05) is 0 Å². The summed E-state index contributed by atoms with van der Waals surface area (Å²) in [7, 11) is 0. The molecule has 0 aromatic carbocycles. The largest absolute Gasteiger partial charge is 0.389 e. The normalized spacial score (nSPS) is 12.8. The van der Waals surface area contributed by atoms with Crippen molar-refractivity contribution in [3.8, 4) is 5.69 Å². The molecular weight excluding hydrogens is 218 g/mol. The quantitative estimate of drug-likeness (QED) is 0.815. The number of aromatic nitrogens is 3. The molecule has 2 aromatic rings. The first-order valence-electron chi connectivity index (χ1n) is 5.71. The third-order valence-electron chi connectivity index (χ3n) is 2.43. The first kappa shape index (κ1) is 11.9. The van der Waals surface area contributed by atoms with Crippen molar-refractivity contribution in [3.63, 3.8) is 0 Å². The monoisotopic (exact) mass is 235 g/mol. The maximum Gasteiger partial charge on any atom is 0.0968 e. The van der Waals surface area contributed by atoms with E-state index >= 15 is 0 Å². The number of rotatable bonds is 6. The van der Waals surface area contributed by atoms with Gasteiger partial charge in [0.25, 0.3) is 0 Å². The van der Waals surface area contributed by atoms with Crippen LogP contribution < -0.4 is 0 Å². The summed E-state index contributed by atoms with van der Waals surface area (Å²) >= 11 is 0. The summed E-state index contributed by atoms with van der Waals surface area (Å²) in [4.78, 5) is 0. The van der Waals surface area contributed by atoms with E-state index in [1.54, 1.807) is 10.9 Å². The highest BCUT2D eigenvalue weighted by Crippen LogP contribution is 2.06. The summed E-state index contributed by atoms with van der Waals surface area (Å²) in [5.74, 6) is 0. The molecule has 0 radical (unpaired) electrons. The molecule has 2 rings (SSSR count). The van der Waals surface area contributed by atoms with E-state index in [0.717, 1.165) is 5.69 Å². The first-order valence-corrected chi connectivity index (χ1v) is 5.71. The van der Waals surface area contributed by atoms with E-state index in [4.69, 9.17) is 4.74 Å². The van der Waals surface area contributed by atoms with Crippen LogP contribution in [0.15, 0.2) is 36.9 Å². The Hall–Kier alpha value is -1.59. The summed E-state index contributed by atoms with van der Waals surface area (Å²) < 4.78 is 8.84. The second kappa shape index (κ2) is 5.65. The minimum Gasteiger partial charge on any atom is -0.389 e. The van der Waals surface area contributed by atoms with E-state index in [1.165, 1.54) is 0 Å². The van der Waals surface area contributed by atoms with Gasteiger partial charge in [0, 0.05) is 25.2 Å². The highest BCUT2D eigenvalue weighted by molar-refractivity contribution is 5.26. The molecule has 92 valence electrons. The van der Waals surface area contributed by atoms with Crippen LogP contribution >= 0.6 is 0 Å². The Morgan fingerprint density at radius 1 is 1.41 bits per heavy atom. The van der Waals surface area contributed by atoms with Crippen LogP contribution in [0.2, 0.25) is 0 Å². The average Bonchev–Trinajstić information content (AvgIpc) is 2.95. The van der Waals surface area contributed by atoms with Gasteiger partial charge < -0.3 is 14.4 Å². The molecule has 2 aromatic heterocycles. The van der Waals surface area contributed by atoms with Gasteiger partial charge in [-0.2, -0.15) is 5.10 Å². The number of nitrogens with zero attached hydrogens (tertiary/aromatic N) is 3. The van der Waals surface area contributed by atoms with Crippen molar-refractivity contribution in [2.75, 3.05) is 13.2 Å². The van der Waals surface area contributed by atoms with Gasteiger partial charge in [0.1, 0.15) is 0 Å². The van der Waals surface area contributed by atoms with E-state index in [-0.39, 0.29) is 0 Å². The zero-order valence-electron chi connectivity index (χ0n) is 9.86. The van der Waals surface area contributed by atoms with Crippen LogP contribution in [0.25, 0.3) is 5.69 Å². The number of aliphatic hydroxyl groups excluding tert-OH is 1. The molecule has 0 aliphatic rings. The molecule has 0 fully saturated rings. The maximum absolute atomic E-state index is 9.68. The molecule has 17 heavy (non-hydrogen) atoms. The number of ether oxygens (including phenoxy) is 1. The highest BCUT2D eigenvalue weighted by atomic mass is 16.5. The molecule has 5 nitrogen and oxygen atoms in total. The third-order valence-corrected chi connectivity index (χ3v) is 2.43. The second-order valence-electron chi connectivity index (χ2n) is 3.82. The van der Waals surface area contributed by atoms with Crippen molar-refractivity contribution in [1.29, 1.82) is 0 Å². The van der Waals surface area contributed by atoms with Gasteiger partial charge in [0.15, 0.2) is 0 Å². The van der Waals surface area contributed by atoms with E-state index in [1.807, 2.05) is 42.2 Å². The predicted octanol–water partition coefficient (Wildman–Crippen LogP) is 1.07. The van der Waals surface area contributed by atoms with Gasteiger partial charge >= 0.3 is 0 Å². The average molecular weight is 235 g/mol. The predicted molar refractivity (Wildman–Crippen MR) is 64.1 cm³/mol. The molecule has 5 heteroatoms. The Balaban J connectivity index is 1.94. The number of hydrogen-bond donors (Lipinski definition) is 1. The van der Waals surface area contributed by atoms with Gasteiger partial charge in [-0.05, 0) is 19.1 Å². The van der Waals surface area contributed by atoms with Crippen LogP contribution in [0, 0.1) is 0 Å². The fraction of sp³-hybridized carbons (Fsp3) is 0.417. The minimum atomic E-state index is -0.521. The Kier molecular flexibility index (Phi) is 3.95. The summed E-state index contributed by atoms with van der Waals surface area (Å²) in [5, 5.41) is 13.9. The van der Waals surface area contributed by atoms with Gasteiger partial charge in [-0.3, -0.25) is 4.68 Å². The molecule has 0 amide bonds. The minimum absolute atomic E-state index is 0.342. The van der Waals surface area contributed by atoms with Crippen molar-refractivity contribution in [3.05, 3.63) is 36.9 Å². The van der Waals surface area contributed by atoms with Gasteiger partial charge in [-0.15, -0.1) is 0 Å². The second-order valence-corrected chi connectivity index (χ2v) is 3.82. The van der Waals surface area contributed by atoms with Crippen LogP contribution in [0.3, 0.4) is 0 Å². The van der Waals surface area contributed by atoms with E-state index in [0.29, 0.717) is 19.8 Å². The first-order chi connectivity index (χ1) is 8.29. The lowest BCUT2D eigenvalue weighted by atomic mass is 10.4. The van der Waals surface area contributed by atoms with Crippen molar-refractivity contribution in [2.45, 2.75) is 19.6 Å². The van der Waals surface area contributed by atoms with Gasteiger partial charge in [-0.25, -0.2) is 0 Å². The Morgan fingerprint density at radius 3 is 2.88 bits per heavy atom. The summed E-state index contributed by atoms with van der Waals surface area (Å²) in [6.45, 7) is 3.31. The smallest absolute Gasteiger partial charge is 0.0968 e. The van der Waals surface area contributed by atoms with Crippen molar-refractivity contribution < 1.29 is 9.84 Å². The molecule has 0 unspecified atom stereocenters. The molecule has 0 aliphatic carbocycles. The van der Waals surface area contributed by atoms with Crippen LogP contribution in [0.4, 0.5) is 0 Å². The standard InChI is InChI=1S/C12H17N3O2/c1-2-17-10-12(16)9-15-8-11(7-13-15)14-5-3-4-6-14/h3-8,12,16H,2,9-10H2,1H3/t12-/m0/s1. The fourth-order valence-electron chi connectivity index (χ4n) is 1.62. The Labute approximate surface area is 100 Å². The highest BCUT2D eigenvalue weighted by Gasteiger charge is 2.06. The van der Waals surface area contributed by atoms with Crippen molar-refractivity contribution in [2.24, 2.45) is 0 Å². The van der Waals surface area contributed by atoms with Gasteiger partial charge in [0.05, 0.1) is 31.1 Å². The molecule has 0 saturated heterocycles. The number of hydrogen-bond acceptors (Lipinski definition) is 3. The summed E-state index contributed by atoms with van der Waals surface area (Å²) in [6, 6.07) is 3.92. The lowest BCUT2D eigenvalue weighted by molar-refractivity contribution is 0.0316. The maximum atomic E-state index is 9.68. The van der Waals surface area contributed by atoms with Crippen LogP contribution in [-0.2, 0) is 11.3 Å². The Bertz CT molecular complexity index is 436. The lowest BCUT2D eigenvalue weighted by Gasteiger charge is -2.09. The molecule has 0 spiro atoms. The van der Waals surface area contributed by atoms with Crippen molar-refractivity contribution >= 4 is 0 Å². The van der Waals surface area contributed by atoms with Crippen molar-refractivity contribution in [1.82, 2.24) is 14.3 Å². The third kappa shape index (κ3) is 3.18.